The van der Waals surface area contributed by atoms with Gasteiger partial charge in [0, 0.05) is 12.6 Å². The van der Waals surface area contributed by atoms with Crippen molar-refractivity contribution in [1.29, 1.82) is 0 Å². The number of carbonyl (C=O) groups excluding carboxylic acids is 1. The number of nitrogens with two attached hydrogens (primary N) is 1. The van der Waals surface area contributed by atoms with E-state index in [0.29, 0.717) is 6.42 Å². The molecule has 0 bridgehead atoms. The van der Waals surface area contributed by atoms with Crippen LogP contribution in [0.5, 0.6) is 0 Å². The van der Waals surface area contributed by atoms with E-state index in [2.05, 4.69) is 5.32 Å². The number of hydrogen-bond donors (Lipinski definition) is 3. The summed E-state index contributed by atoms with van der Waals surface area (Å²) in [7, 11) is -3.65. The molecule has 3 unspecified atom stereocenters. The summed E-state index contributed by atoms with van der Waals surface area (Å²) in [6.07, 6.45) is 4.26. The van der Waals surface area contributed by atoms with Gasteiger partial charge in [0.15, 0.2) is 0 Å². The Hall–Kier alpha value is -1.35. The van der Waals surface area contributed by atoms with Crippen molar-refractivity contribution in [1.82, 2.24) is 10.2 Å². The summed E-state index contributed by atoms with van der Waals surface area (Å²) < 4.78 is 21.7. The molecule has 0 radical (unpaired) electrons. The number of sulfonamides is 1. The number of hydrogen-bond acceptors (Lipinski definition) is 4. The van der Waals surface area contributed by atoms with Crippen molar-refractivity contribution in [3.63, 3.8) is 0 Å². The molecule has 0 spiro atoms. The van der Waals surface area contributed by atoms with Crippen molar-refractivity contribution in [2.24, 2.45) is 11.1 Å². The van der Waals surface area contributed by atoms with Gasteiger partial charge in [-0.05, 0) is 25.2 Å². The van der Waals surface area contributed by atoms with E-state index in [1.165, 1.54) is 4.90 Å². The van der Waals surface area contributed by atoms with Crippen molar-refractivity contribution in [2.45, 2.75) is 44.2 Å². The predicted octanol–water partition coefficient (Wildman–Crippen LogP) is -0.298. The molecular formula is C12H21N3O5S. The van der Waals surface area contributed by atoms with Gasteiger partial charge >= 0.3 is 12.0 Å². The Kier molecular flexibility index (Phi) is 4.72. The second-order valence-corrected chi connectivity index (χ2v) is 7.44. The molecule has 2 aliphatic rings. The summed E-state index contributed by atoms with van der Waals surface area (Å²) in [5.41, 5.74) is 0. The SMILES string of the molecule is NS(=O)(=O)CCNC(=O)N1C(C(=O)O)CC2CCCCC21. The topological polar surface area (TPSA) is 130 Å². The highest BCUT2D eigenvalue weighted by molar-refractivity contribution is 7.89. The molecule has 9 heteroatoms. The molecule has 1 aliphatic carbocycles. The van der Waals surface area contributed by atoms with Crippen LogP contribution in [-0.2, 0) is 14.8 Å². The van der Waals surface area contributed by atoms with Crippen LogP contribution in [0.3, 0.4) is 0 Å². The van der Waals surface area contributed by atoms with Crippen molar-refractivity contribution < 1.29 is 23.1 Å². The number of carboxylic acids is 1. The quantitative estimate of drug-likeness (QED) is 0.655. The maximum Gasteiger partial charge on any atom is 0.326 e. The van der Waals surface area contributed by atoms with Gasteiger partial charge in [0.2, 0.25) is 10.0 Å². The Labute approximate surface area is 123 Å². The number of nitrogens with one attached hydrogen (secondary N) is 1. The number of aliphatic carboxylic acids is 1. The minimum absolute atomic E-state index is 0.0608. The van der Waals surface area contributed by atoms with E-state index in [9.17, 15) is 23.1 Å². The fourth-order valence-corrected chi connectivity index (χ4v) is 3.75. The Morgan fingerprint density at radius 2 is 1.95 bits per heavy atom. The fraction of sp³-hybridized carbons (Fsp3) is 0.833. The zero-order valence-corrected chi connectivity index (χ0v) is 12.5. The first-order valence-electron chi connectivity index (χ1n) is 7.09. The maximum atomic E-state index is 12.2. The Morgan fingerprint density at radius 1 is 1.29 bits per heavy atom. The lowest BCUT2D eigenvalue weighted by Crippen LogP contribution is -2.51. The van der Waals surface area contributed by atoms with E-state index in [4.69, 9.17) is 5.14 Å². The number of urea groups is 1. The zero-order chi connectivity index (χ0) is 15.6. The van der Waals surface area contributed by atoms with Crippen LogP contribution in [0.25, 0.3) is 0 Å². The van der Waals surface area contributed by atoms with Crippen molar-refractivity contribution in [2.75, 3.05) is 12.3 Å². The first kappa shape index (κ1) is 16.0. The van der Waals surface area contributed by atoms with E-state index in [1.807, 2.05) is 0 Å². The monoisotopic (exact) mass is 319 g/mol. The van der Waals surface area contributed by atoms with Crippen LogP contribution in [0, 0.1) is 5.92 Å². The molecule has 120 valence electrons. The standard InChI is InChI=1S/C12H21N3O5S/c13-21(19,20)6-5-14-12(18)15-9-4-2-1-3-8(9)7-10(15)11(16)17/h8-10H,1-7H2,(H,14,18)(H,16,17)(H2,13,19,20). The molecule has 0 aromatic heterocycles. The molecule has 0 aromatic carbocycles. The Balaban J connectivity index is 2.03. The average molecular weight is 319 g/mol. The minimum Gasteiger partial charge on any atom is -0.480 e. The van der Waals surface area contributed by atoms with E-state index < -0.39 is 28.1 Å². The van der Waals surface area contributed by atoms with Gasteiger partial charge in [0.05, 0.1) is 5.75 Å². The second-order valence-electron chi connectivity index (χ2n) is 5.71. The van der Waals surface area contributed by atoms with Gasteiger partial charge in [-0.15, -0.1) is 0 Å². The molecular weight excluding hydrogens is 298 g/mol. The number of carbonyl (C=O) groups is 2. The van der Waals surface area contributed by atoms with Gasteiger partial charge < -0.3 is 15.3 Å². The molecule has 2 amide bonds. The smallest absolute Gasteiger partial charge is 0.326 e. The highest BCUT2D eigenvalue weighted by atomic mass is 32.2. The zero-order valence-electron chi connectivity index (χ0n) is 11.7. The van der Waals surface area contributed by atoms with E-state index in [0.717, 1.165) is 25.7 Å². The molecule has 1 saturated carbocycles. The predicted molar refractivity (Wildman–Crippen MR) is 75.0 cm³/mol. The third-order valence-corrected chi connectivity index (χ3v) is 5.04. The van der Waals surface area contributed by atoms with Crippen molar-refractivity contribution >= 4 is 22.0 Å². The molecule has 0 aromatic rings. The number of primary sulfonamides is 1. The van der Waals surface area contributed by atoms with E-state index >= 15 is 0 Å². The normalized spacial score (nSPS) is 29.0. The Bertz CT molecular complexity index is 521. The summed E-state index contributed by atoms with van der Waals surface area (Å²) in [5.74, 6) is -1.15. The molecule has 4 N–H and O–H groups in total. The highest BCUT2D eigenvalue weighted by Crippen LogP contribution is 2.39. The first-order chi connectivity index (χ1) is 9.79. The lowest BCUT2D eigenvalue weighted by Gasteiger charge is -2.32. The molecule has 1 saturated heterocycles. The molecule has 2 rings (SSSR count). The van der Waals surface area contributed by atoms with Gasteiger partial charge in [0.25, 0.3) is 0 Å². The number of likely N-dealkylation sites (tertiary alicyclic amines) is 1. The van der Waals surface area contributed by atoms with Crippen LogP contribution >= 0.6 is 0 Å². The number of rotatable bonds is 4. The molecule has 1 heterocycles. The maximum absolute atomic E-state index is 12.2. The third-order valence-electron chi connectivity index (χ3n) is 4.27. The van der Waals surface area contributed by atoms with Crippen LogP contribution < -0.4 is 10.5 Å². The van der Waals surface area contributed by atoms with Crippen LogP contribution in [0.2, 0.25) is 0 Å². The summed E-state index contributed by atoms with van der Waals surface area (Å²) in [6, 6.07) is -1.40. The second kappa shape index (κ2) is 6.18. The van der Waals surface area contributed by atoms with Crippen molar-refractivity contribution in [3.05, 3.63) is 0 Å². The largest absolute Gasteiger partial charge is 0.480 e. The minimum atomic E-state index is -3.65. The summed E-state index contributed by atoms with van der Waals surface area (Å²) in [6.45, 7) is -0.113. The number of nitrogens with zero attached hydrogens (tertiary/aromatic N) is 1. The average Bonchev–Trinajstić information content (AvgIpc) is 2.76. The lowest BCUT2D eigenvalue weighted by atomic mass is 9.85. The van der Waals surface area contributed by atoms with Gasteiger partial charge in [-0.2, -0.15) is 0 Å². The summed E-state index contributed by atoms with van der Waals surface area (Å²) >= 11 is 0. The van der Waals surface area contributed by atoms with Crippen LogP contribution in [-0.4, -0.2) is 54.8 Å². The first-order valence-corrected chi connectivity index (χ1v) is 8.80. The Morgan fingerprint density at radius 3 is 2.57 bits per heavy atom. The van der Waals surface area contributed by atoms with Crippen LogP contribution in [0.4, 0.5) is 4.79 Å². The van der Waals surface area contributed by atoms with Gasteiger partial charge in [-0.3, -0.25) is 0 Å². The lowest BCUT2D eigenvalue weighted by molar-refractivity contribution is -0.141. The molecule has 2 fully saturated rings. The number of carboxylic acid groups (broad SMARTS) is 1. The molecule has 3 atom stereocenters. The van der Waals surface area contributed by atoms with Gasteiger partial charge in [-0.1, -0.05) is 12.8 Å². The highest BCUT2D eigenvalue weighted by Gasteiger charge is 2.47. The third kappa shape index (κ3) is 3.85. The number of fused-ring (bicyclic) bond motifs is 1. The van der Waals surface area contributed by atoms with Gasteiger partial charge in [0.1, 0.15) is 6.04 Å². The summed E-state index contributed by atoms with van der Waals surface area (Å²) in [4.78, 5) is 25.0. The van der Waals surface area contributed by atoms with Crippen LogP contribution in [0.1, 0.15) is 32.1 Å². The summed E-state index contributed by atoms with van der Waals surface area (Å²) in [5, 5.41) is 16.6. The number of amides is 2. The fourth-order valence-electron chi connectivity index (χ4n) is 3.36. The van der Waals surface area contributed by atoms with Crippen LogP contribution in [0.15, 0.2) is 0 Å². The van der Waals surface area contributed by atoms with E-state index in [-0.39, 0.29) is 24.3 Å². The molecule has 1 aliphatic heterocycles. The van der Waals surface area contributed by atoms with E-state index in [1.54, 1.807) is 0 Å². The van der Waals surface area contributed by atoms with Gasteiger partial charge in [-0.25, -0.2) is 23.1 Å². The van der Waals surface area contributed by atoms with Crippen molar-refractivity contribution in [3.8, 4) is 0 Å². The molecule has 8 nitrogen and oxygen atoms in total. The molecule has 21 heavy (non-hydrogen) atoms.